The molecule has 2 aliphatic rings. The molecule has 120 valence electrons. The highest BCUT2D eigenvalue weighted by Gasteiger charge is 2.48. The van der Waals surface area contributed by atoms with Crippen LogP contribution in [0.15, 0.2) is 24.3 Å². The number of nitrogens with zero attached hydrogens (tertiary/aromatic N) is 1. The Hall–Kier alpha value is -1.75. The molecule has 3 rings (SSSR count). The van der Waals surface area contributed by atoms with E-state index < -0.39 is 0 Å². The second-order valence-corrected chi connectivity index (χ2v) is 6.01. The molecule has 1 saturated heterocycles. The molecular weight excluding hydrogens is 282 g/mol. The maximum Gasteiger partial charge on any atom is 0.249 e. The Bertz CT molecular complexity index is 516. The number of hydrogen-bond acceptors (Lipinski definition) is 4. The number of amides is 1. The quantitative estimate of drug-likeness (QED) is 0.807. The van der Waals surface area contributed by atoms with E-state index in [1.807, 2.05) is 29.2 Å². The predicted molar refractivity (Wildman–Crippen MR) is 82.1 cm³/mol. The minimum Gasteiger partial charge on any atom is -0.497 e. The minimum absolute atomic E-state index is 0.0815. The first-order valence-corrected chi connectivity index (χ1v) is 7.80. The fraction of sp³-hybridized carbons (Fsp3) is 0.588. The molecule has 1 saturated carbocycles. The van der Waals surface area contributed by atoms with Crippen molar-refractivity contribution in [1.82, 2.24) is 4.90 Å². The second kappa shape index (κ2) is 6.57. The first-order valence-electron chi connectivity index (χ1n) is 7.80. The van der Waals surface area contributed by atoms with Gasteiger partial charge in [0.25, 0.3) is 0 Å². The smallest absolute Gasteiger partial charge is 0.249 e. The number of fused-ring (bicyclic) bond motifs is 2. The molecule has 0 unspecified atom stereocenters. The number of methoxy groups -OCH3 is 2. The summed E-state index contributed by atoms with van der Waals surface area (Å²) in [5, 5.41) is 0. The molecule has 2 fully saturated rings. The van der Waals surface area contributed by atoms with Gasteiger partial charge in [-0.05, 0) is 49.4 Å². The first kappa shape index (κ1) is 15.2. The highest BCUT2D eigenvalue weighted by atomic mass is 16.5. The minimum atomic E-state index is 0.0815. The molecular formula is C17H23NO4. The molecule has 1 aliphatic heterocycles. The van der Waals surface area contributed by atoms with Crippen LogP contribution in [0.25, 0.3) is 0 Å². The zero-order valence-electron chi connectivity index (χ0n) is 13.2. The maximum atomic E-state index is 12.3. The van der Waals surface area contributed by atoms with Gasteiger partial charge in [-0.25, -0.2) is 0 Å². The maximum absolute atomic E-state index is 12.3. The van der Waals surface area contributed by atoms with E-state index in [9.17, 15) is 4.79 Å². The summed E-state index contributed by atoms with van der Waals surface area (Å²) in [5.41, 5.74) is 0. The van der Waals surface area contributed by atoms with Crippen LogP contribution in [0.4, 0.5) is 0 Å². The summed E-state index contributed by atoms with van der Waals surface area (Å²) in [6.45, 7) is 0.700. The Kier molecular flexibility index (Phi) is 4.52. The SMILES string of the molecule is COCC(=O)N1[C@@H]2CC[C@H](C2)[C@@H]1COc1ccc(OC)cc1. The van der Waals surface area contributed by atoms with Crippen molar-refractivity contribution in [2.24, 2.45) is 5.92 Å². The molecule has 0 N–H and O–H groups in total. The van der Waals surface area contributed by atoms with E-state index >= 15 is 0 Å². The summed E-state index contributed by atoms with van der Waals surface area (Å²) in [4.78, 5) is 14.3. The van der Waals surface area contributed by atoms with Gasteiger partial charge in [-0.15, -0.1) is 0 Å². The van der Waals surface area contributed by atoms with Crippen molar-refractivity contribution < 1.29 is 19.0 Å². The molecule has 2 bridgehead atoms. The van der Waals surface area contributed by atoms with Crippen molar-refractivity contribution in [3.63, 3.8) is 0 Å². The van der Waals surface area contributed by atoms with Gasteiger partial charge in [0.1, 0.15) is 24.7 Å². The Morgan fingerprint density at radius 2 is 1.91 bits per heavy atom. The molecule has 22 heavy (non-hydrogen) atoms. The largest absolute Gasteiger partial charge is 0.497 e. The van der Waals surface area contributed by atoms with E-state index in [0.29, 0.717) is 18.6 Å². The van der Waals surface area contributed by atoms with E-state index in [1.54, 1.807) is 14.2 Å². The molecule has 1 aliphatic carbocycles. The zero-order valence-corrected chi connectivity index (χ0v) is 13.2. The van der Waals surface area contributed by atoms with Gasteiger partial charge in [0.15, 0.2) is 0 Å². The monoisotopic (exact) mass is 305 g/mol. The van der Waals surface area contributed by atoms with Crippen LogP contribution in [-0.4, -0.2) is 50.3 Å². The Morgan fingerprint density at radius 1 is 1.18 bits per heavy atom. The van der Waals surface area contributed by atoms with Gasteiger partial charge < -0.3 is 19.1 Å². The van der Waals surface area contributed by atoms with Gasteiger partial charge in [-0.2, -0.15) is 0 Å². The standard InChI is InChI=1S/C17H23NO4/c1-20-11-17(19)18-13-4-3-12(9-13)16(18)10-22-15-7-5-14(21-2)6-8-15/h5-8,12-13,16H,3-4,9-11H2,1-2H3/t12-,13-,16+/m1/s1. The Balaban J connectivity index is 1.63. The van der Waals surface area contributed by atoms with Crippen LogP contribution in [0.1, 0.15) is 19.3 Å². The van der Waals surface area contributed by atoms with Gasteiger partial charge in [0.2, 0.25) is 5.91 Å². The molecule has 1 amide bonds. The van der Waals surface area contributed by atoms with Gasteiger partial charge in [-0.3, -0.25) is 4.79 Å². The molecule has 5 nitrogen and oxygen atoms in total. The predicted octanol–water partition coefficient (Wildman–Crippen LogP) is 2.10. The van der Waals surface area contributed by atoms with Crippen LogP contribution < -0.4 is 9.47 Å². The average molecular weight is 305 g/mol. The third kappa shape index (κ3) is 2.90. The molecule has 0 spiro atoms. The van der Waals surface area contributed by atoms with Crippen LogP contribution in [0.5, 0.6) is 11.5 Å². The molecule has 0 aromatic heterocycles. The van der Waals surface area contributed by atoms with Crippen molar-refractivity contribution in [2.75, 3.05) is 27.4 Å². The first-order chi connectivity index (χ1) is 10.7. The van der Waals surface area contributed by atoms with Crippen molar-refractivity contribution >= 4 is 5.91 Å². The van der Waals surface area contributed by atoms with Gasteiger partial charge in [0.05, 0.1) is 13.2 Å². The van der Waals surface area contributed by atoms with Gasteiger partial charge >= 0.3 is 0 Å². The number of carbonyl (C=O) groups excluding carboxylic acids is 1. The van der Waals surface area contributed by atoms with E-state index in [0.717, 1.165) is 24.3 Å². The van der Waals surface area contributed by atoms with E-state index in [1.165, 1.54) is 6.42 Å². The summed E-state index contributed by atoms with van der Waals surface area (Å²) >= 11 is 0. The van der Waals surface area contributed by atoms with Crippen molar-refractivity contribution in [1.29, 1.82) is 0 Å². The highest BCUT2D eigenvalue weighted by molar-refractivity contribution is 5.78. The molecule has 1 aromatic carbocycles. The Morgan fingerprint density at radius 3 is 2.59 bits per heavy atom. The average Bonchev–Trinajstić information content (AvgIpc) is 3.14. The summed E-state index contributed by atoms with van der Waals surface area (Å²) < 4.78 is 16.1. The molecule has 0 radical (unpaired) electrons. The molecule has 1 heterocycles. The van der Waals surface area contributed by atoms with Crippen molar-refractivity contribution in [3.8, 4) is 11.5 Å². The van der Waals surface area contributed by atoms with Crippen LogP contribution in [-0.2, 0) is 9.53 Å². The van der Waals surface area contributed by atoms with Crippen molar-refractivity contribution in [3.05, 3.63) is 24.3 Å². The highest BCUT2D eigenvalue weighted by Crippen LogP contribution is 2.42. The lowest BCUT2D eigenvalue weighted by molar-refractivity contribution is -0.140. The third-order valence-electron chi connectivity index (χ3n) is 4.78. The van der Waals surface area contributed by atoms with Crippen LogP contribution in [0.2, 0.25) is 0 Å². The number of benzene rings is 1. The Labute approximate surface area is 131 Å². The molecule has 5 heteroatoms. The number of piperidine rings is 1. The lowest BCUT2D eigenvalue weighted by Gasteiger charge is -2.35. The lowest BCUT2D eigenvalue weighted by Crippen LogP contribution is -2.49. The van der Waals surface area contributed by atoms with Crippen LogP contribution in [0.3, 0.4) is 0 Å². The van der Waals surface area contributed by atoms with Gasteiger partial charge in [-0.1, -0.05) is 0 Å². The topological polar surface area (TPSA) is 48.0 Å². The number of likely N-dealkylation sites (tertiary alicyclic amines) is 1. The molecule has 3 atom stereocenters. The van der Waals surface area contributed by atoms with E-state index in [-0.39, 0.29) is 18.6 Å². The molecule has 1 aromatic rings. The summed E-state index contributed by atoms with van der Waals surface area (Å²) in [5.74, 6) is 2.26. The summed E-state index contributed by atoms with van der Waals surface area (Å²) in [7, 11) is 3.21. The van der Waals surface area contributed by atoms with Crippen LogP contribution in [0, 0.1) is 5.92 Å². The van der Waals surface area contributed by atoms with Crippen molar-refractivity contribution in [2.45, 2.75) is 31.3 Å². The lowest BCUT2D eigenvalue weighted by atomic mass is 9.99. The van der Waals surface area contributed by atoms with E-state index in [4.69, 9.17) is 14.2 Å². The number of carbonyl (C=O) groups is 1. The third-order valence-corrected chi connectivity index (χ3v) is 4.78. The summed E-state index contributed by atoms with van der Waals surface area (Å²) in [6, 6.07) is 8.09. The summed E-state index contributed by atoms with van der Waals surface area (Å²) in [6.07, 6.45) is 3.41. The zero-order chi connectivity index (χ0) is 15.5. The second-order valence-electron chi connectivity index (χ2n) is 6.01. The number of hydrogen-bond donors (Lipinski definition) is 0. The van der Waals surface area contributed by atoms with Gasteiger partial charge in [0, 0.05) is 13.2 Å². The number of ether oxygens (including phenoxy) is 3. The fourth-order valence-corrected chi connectivity index (χ4v) is 3.75. The fourth-order valence-electron chi connectivity index (χ4n) is 3.75. The number of rotatable bonds is 6. The van der Waals surface area contributed by atoms with Crippen LogP contribution >= 0.6 is 0 Å². The normalized spacial score (nSPS) is 26.3. The van der Waals surface area contributed by atoms with E-state index in [2.05, 4.69) is 0 Å².